The first-order chi connectivity index (χ1) is 19.6. The van der Waals surface area contributed by atoms with E-state index in [0.29, 0.717) is 41.0 Å². The first-order valence-corrected chi connectivity index (χ1v) is 15.0. The summed E-state index contributed by atoms with van der Waals surface area (Å²) in [5, 5.41) is 19.4. The predicted molar refractivity (Wildman–Crippen MR) is 159 cm³/mol. The van der Waals surface area contributed by atoms with Crippen molar-refractivity contribution in [3.05, 3.63) is 47.1 Å². The van der Waals surface area contributed by atoms with Crippen molar-refractivity contribution in [2.24, 2.45) is 18.0 Å². The molecule has 1 saturated carbocycles. The highest BCUT2D eigenvalue weighted by Crippen LogP contribution is 2.41. The number of hydrogen-bond donors (Lipinski definition) is 2. The van der Waals surface area contributed by atoms with Crippen LogP contribution in [-0.4, -0.2) is 68.1 Å². The number of benzene rings is 1. The van der Waals surface area contributed by atoms with Gasteiger partial charge in [-0.3, -0.25) is 9.48 Å². The lowest BCUT2D eigenvalue weighted by Crippen LogP contribution is -2.40. The van der Waals surface area contributed by atoms with E-state index < -0.39 is 5.60 Å². The van der Waals surface area contributed by atoms with E-state index in [2.05, 4.69) is 21.9 Å². The van der Waals surface area contributed by atoms with Gasteiger partial charge < -0.3 is 24.9 Å². The maximum absolute atomic E-state index is 13.7. The third kappa shape index (κ3) is 5.33. The third-order valence-electron chi connectivity index (χ3n) is 8.51. The molecule has 2 aromatic heterocycles. The van der Waals surface area contributed by atoms with E-state index in [-0.39, 0.29) is 24.0 Å². The van der Waals surface area contributed by atoms with E-state index in [1.807, 2.05) is 12.1 Å². The molecule has 2 aliphatic heterocycles. The molecule has 1 aromatic carbocycles. The molecular weight excluding hydrogens is 540 g/mol. The Labute approximate surface area is 243 Å². The lowest BCUT2D eigenvalue weighted by molar-refractivity contribution is -0.111. The molecule has 0 spiro atoms. The minimum absolute atomic E-state index is 0.146. The van der Waals surface area contributed by atoms with Crippen molar-refractivity contribution in [3.63, 3.8) is 0 Å². The first-order valence-electron chi connectivity index (χ1n) is 14.2. The lowest BCUT2D eigenvalue weighted by Gasteiger charge is -2.28. The van der Waals surface area contributed by atoms with Gasteiger partial charge in [0, 0.05) is 36.7 Å². The summed E-state index contributed by atoms with van der Waals surface area (Å²) in [4.78, 5) is 36.8. The molecule has 216 valence electrons. The van der Waals surface area contributed by atoms with Crippen molar-refractivity contribution in [1.82, 2.24) is 19.7 Å². The van der Waals surface area contributed by atoms with Crippen LogP contribution in [0.3, 0.4) is 0 Å². The summed E-state index contributed by atoms with van der Waals surface area (Å²) in [5.41, 5.74) is 1.00. The molecular formula is C30H36N6O4S. The van der Waals surface area contributed by atoms with E-state index in [1.165, 1.54) is 6.20 Å². The number of aryl methyl sites for hydroxylation is 1. The van der Waals surface area contributed by atoms with Crippen LogP contribution in [0.1, 0.15) is 72.8 Å². The number of aliphatic hydroxyl groups is 1. The van der Waals surface area contributed by atoms with E-state index >= 15 is 0 Å². The molecule has 1 amide bonds. The summed E-state index contributed by atoms with van der Waals surface area (Å²) in [6.07, 6.45) is 9.11. The number of fused-ring (bicyclic) bond motifs is 3. The highest BCUT2D eigenvalue weighted by Gasteiger charge is 2.40. The SMILES string of the molecule is C=CC(=Nc1c(C(=O)Nc2cc3sc(C4CCC(C=O)CC4)nc3cc2C(C)(C)O)cnn1C)N1C[C@H]2C[C@@H]1CO2. The zero-order valence-electron chi connectivity index (χ0n) is 23.7. The van der Waals surface area contributed by atoms with Gasteiger partial charge >= 0.3 is 0 Å². The summed E-state index contributed by atoms with van der Waals surface area (Å²) in [6, 6.07) is 4.02. The number of ether oxygens (including phenoxy) is 1. The Morgan fingerprint density at radius 1 is 1.29 bits per heavy atom. The number of amides is 1. The normalized spacial score (nSPS) is 24.7. The van der Waals surface area contributed by atoms with Crippen LogP contribution in [0.2, 0.25) is 0 Å². The van der Waals surface area contributed by atoms with Crippen LogP contribution < -0.4 is 5.32 Å². The Morgan fingerprint density at radius 2 is 2.07 bits per heavy atom. The Bertz CT molecular complexity index is 1530. The fourth-order valence-corrected chi connectivity index (χ4v) is 7.37. The molecule has 10 nitrogen and oxygen atoms in total. The average molecular weight is 577 g/mol. The van der Waals surface area contributed by atoms with E-state index in [1.54, 1.807) is 43.0 Å². The van der Waals surface area contributed by atoms with Gasteiger partial charge in [0.15, 0.2) is 5.82 Å². The number of anilines is 1. The Balaban J connectivity index is 1.30. The standard InChI is InChI=1S/C30H36N6O4S/c1-5-26(36-14-20-10-19(36)16-40-20)34-27-21(13-31-35(27)4)28(38)32-23-12-25-24(11-22(23)30(2,3)39)33-29(41-25)18-8-6-17(15-37)7-9-18/h5,11-13,15,17-20,39H,1,6-10,14,16H2,2-4H3,(H,32,38)/t17?,18?,19-,20-/m1/s1. The van der Waals surface area contributed by atoms with E-state index in [0.717, 1.165) is 60.2 Å². The number of likely N-dealkylation sites (tertiary alicyclic amines) is 1. The molecule has 2 atom stereocenters. The predicted octanol–water partition coefficient (Wildman–Crippen LogP) is 4.67. The molecule has 4 heterocycles. The lowest BCUT2D eigenvalue weighted by atomic mass is 9.83. The Hall–Kier alpha value is -3.41. The second-order valence-electron chi connectivity index (χ2n) is 11.9. The summed E-state index contributed by atoms with van der Waals surface area (Å²) >= 11 is 1.61. The molecule has 3 aromatic rings. The van der Waals surface area contributed by atoms with Crippen LogP contribution in [-0.2, 0) is 22.2 Å². The minimum Gasteiger partial charge on any atom is -0.386 e. The molecule has 41 heavy (non-hydrogen) atoms. The van der Waals surface area contributed by atoms with E-state index in [9.17, 15) is 14.7 Å². The van der Waals surface area contributed by atoms with Gasteiger partial charge in [0.2, 0.25) is 0 Å². The number of nitrogens with zero attached hydrogens (tertiary/aromatic N) is 5. The summed E-state index contributed by atoms with van der Waals surface area (Å²) < 4.78 is 8.25. The number of hydrogen-bond acceptors (Lipinski definition) is 8. The molecule has 3 fully saturated rings. The molecule has 3 aliphatic rings. The molecule has 11 heteroatoms. The van der Waals surface area contributed by atoms with Gasteiger partial charge in [-0.25, -0.2) is 9.98 Å². The van der Waals surface area contributed by atoms with Crippen molar-refractivity contribution in [1.29, 1.82) is 0 Å². The summed E-state index contributed by atoms with van der Waals surface area (Å²) in [7, 11) is 1.76. The monoisotopic (exact) mass is 576 g/mol. The number of aliphatic imine (C=N–C) groups is 1. The van der Waals surface area contributed by atoms with Crippen molar-refractivity contribution in [2.75, 3.05) is 18.5 Å². The maximum Gasteiger partial charge on any atom is 0.261 e. The molecule has 2 N–H and O–H groups in total. The summed E-state index contributed by atoms with van der Waals surface area (Å²) in [5.74, 6) is 1.22. The minimum atomic E-state index is -1.22. The van der Waals surface area contributed by atoms with Gasteiger partial charge in [-0.2, -0.15) is 5.10 Å². The smallest absolute Gasteiger partial charge is 0.261 e. The zero-order chi connectivity index (χ0) is 28.9. The van der Waals surface area contributed by atoms with Crippen molar-refractivity contribution in [2.45, 2.75) is 69.6 Å². The molecule has 0 radical (unpaired) electrons. The Kier molecular flexibility index (Phi) is 7.29. The van der Waals surface area contributed by atoms with Crippen molar-refractivity contribution >= 4 is 51.1 Å². The van der Waals surface area contributed by atoms with Crippen LogP contribution in [0, 0.1) is 5.92 Å². The third-order valence-corrected chi connectivity index (χ3v) is 9.70. The topological polar surface area (TPSA) is 122 Å². The van der Waals surface area contributed by atoms with Crippen LogP contribution in [0.15, 0.2) is 36.0 Å². The van der Waals surface area contributed by atoms with Gasteiger partial charge in [-0.15, -0.1) is 11.3 Å². The van der Waals surface area contributed by atoms with Gasteiger partial charge in [-0.1, -0.05) is 6.58 Å². The Morgan fingerprint density at radius 3 is 2.71 bits per heavy atom. The van der Waals surface area contributed by atoms with Crippen molar-refractivity contribution in [3.8, 4) is 0 Å². The molecule has 2 saturated heterocycles. The van der Waals surface area contributed by atoms with Crippen LogP contribution in [0.5, 0.6) is 0 Å². The van der Waals surface area contributed by atoms with Crippen LogP contribution in [0.4, 0.5) is 11.5 Å². The number of nitrogens with one attached hydrogen (secondary N) is 1. The van der Waals surface area contributed by atoms with Gasteiger partial charge in [-0.05, 0) is 64.2 Å². The fourth-order valence-electron chi connectivity index (χ4n) is 6.21. The number of aromatic nitrogens is 3. The van der Waals surface area contributed by atoms with Gasteiger partial charge in [0.25, 0.3) is 5.91 Å². The van der Waals surface area contributed by atoms with Gasteiger partial charge in [0.05, 0.1) is 45.8 Å². The average Bonchev–Trinajstić information content (AvgIpc) is 3.75. The summed E-state index contributed by atoms with van der Waals surface area (Å²) in [6.45, 7) is 8.77. The molecule has 0 unspecified atom stereocenters. The number of morpholine rings is 1. The molecule has 6 rings (SSSR count). The number of aldehydes is 1. The van der Waals surface area contributed by atoms with Crippen molar-refractivity contribution < 1.29 is 19.4 Å². The van der Waals surface area contributed by atoms with E-state index in [4.69, 9.17) is 14.7 Å². The number of rotatable bonds is 7. The highest BCUT2D eigenvalue weighted by molar-refractivity contribution is 7.18. The zero-order valence-corrected chi connectivity index (χ0v) is 24.5. The first kappa shape index (κ1) is 27.7. The molecule has 2 bridgehead atoms. The highest BCUT2D eigenvalue weighted by atomic mass is 32.1. The van der Waals surface area contributed by atoms with Gasteiger partial charge in [0.1, 0.15) is 17.7 Å². The quantitative estimate of drug-likeness (QED) is 0.238. The maximum atomic E-state index is 13.7. The number of thiazole rings is 1. The van der Waals surface area contributed by atoms with Crippen LogP contribution in [0.25, 0.3) is 10.2 Å². The number of carbonyl (C=O) groups is 2. The largest absolute Gasteiger partial charge is 0.386 e. The number of amidine groups is 1. The van der Waals surface area contributed by atoms with Crippen LogP contribution >= 0.6 is 11.3 Å². The number of carbonyl (C=O) groups excluding carboxylic acids is 2. The molecule has 1 aliphatic carbocycles. The second-order valence-corrected chi connectivity index (χ2v) is 12.9. The second kappa shape index (κ2) is 10.8. The fraction of sp³-hybridized carbons (Fsp3) is 0.500.